The van der Waals surface area contributed by atoms with E-state index in [1.165, 1.54) is 7.11 Å². The smallest absolute Gasteiger partial charge is 0.314 e. The van der Waals surface area contributed by atoms with Crippen LogP contribution in [0, 0.1) is 11.3 Å². The number of benzene rings is 2. The molecule has 2 aromatic carbocycles. The second-order valence-corrected chi connectivity index (χ2v) is 11.7. The maximum Gasteiger partial charge on any atom is 0.314 e. The zero-order valence-electron chi connectivity index (χ0n) is 26.5. The van der Waals surface area contributed by atoms with Crippen molar-refractivity contribution >= 4 is 23.7 Å². The number of carbonyl (C=O) groups excluding carboxylic acids is 4. The number of hydrogen-bond donors (Lipinski definition) is 2. The Kier molecular flexibility index (Phi) is 12.1. The van der Waals surface area contributed by atoms with Crippen LogP contribution >= 0.6 is 0 Å². The summed E-state index contributed by atoms with van der Waals surface area (Å²) >= 11 is 0. The van der Waals surface area contributed by atoms with Gasteiger partial charge in [-0.05, 0) is 67.5 Å². The summed E-state index contributed by atoms with van der Waals surface area (Å²) in [6.45, 7) is 2.71. The van der Waals surface area contributed by atoms with Gasteiger partial charge in [0.2, 0.25) is 11.8 Å². The van der Waals surface area contributed by atoms with E-state index in [-0.39, 0.29) is 69.4 Å². The minimum Gasteiger partial charge on any atom is -0.497 e. The van der Waals surface area contributed by atoms with E-state index in [0.717, 1.165) is 24.0 Å². The lowest BCUT2D eigenvalue weighted by atomic mass is 9.76. The average Bonchev–Trinajstić information content (AvgIpc) is 3.86. The van der Waals surface area contributed by atoms with Gasteiger partial charge in [-0.1, -0.05) is 31.0 Å². The monoisotopic (exact) mass is 623 g/mol. The fourth-order valence-electron chi connectivity index (χ4n) is 5.63. The Balaban J connectivity index is 1.55. The minimum atomic E-state index is -0.970. The molecule has 4 rings (SSSR count). The van der Waals surface area contributed by atoms with E-state index in [1.54, 1.807) is 43.2 Å². The molecule has 244 valence electrons. The molecule has 2 aromatic rings. The first-order chi connectivity index (χ1) is 21.7. The molecular weight excluding hydrogens is 578 g/mol. The van der Waals surface area contributed by atoms with Crippen molar-refractivity contribution in [1.82, 2.24) is 15.5 Å². The molecule has 1 fully saturated rings. The number of hydrogen-bond acceptors (Lipinski definition) is 8. The van der Waals surface area contributed by atoms with Crippen LogP contribution < -0.4 is 24.8 Å². The predicted molar refractivity (Wildman–Crippen MR) is 167 cm³/mol. The molecule has 11 nitrogen and oxygen atoms in total. The van der Waals surface area contributed by atoms with Gasteiger partial charge in [0.15, 0.2) is 18.1 Å². The van der Waals surface area contributed by atoms with Gasteiger partial charge in [0.25, 0.3) is 5.91 Å². The molecule has 1 aliphatic carbocycles. The Bertz CT molecular complexity index is 1330. The number of methoxy groups -OCH3 is 2. The van der Waals surface area contributed by atoms with Gasteiger partial charge in [0, 0.05) is 32.6 Å². The third kappa shape index (κ3) is 9.86. The summed E-state index contributed by atoms with van der Waals surface area (Å²) in [6, 6.07) is 12.7. The van der Waals surface area contributed by atoms with Gasteiger partial charge in [-0.25, -0.2) is 0 Å². The Morgan fingerprint density at radius 1 is 1.00 bits per heavy atom. The highest BCUT2D eigenvalue weighted by molar-refractivity contribution is 5.81. The number of ether oxygens (including phenoxy) is 4. The van der Waals surface area contributed by atoms with E-state index in [2.05, 4.69) is 10.6 Å². The molecule has 1 unspecified atom stereocenters. The first-order valence-electron chi connectivity index (χ1n) is 15.7. The van der Waals surface area contributed by atoms with Crippen LogP contribution in [-0.4, -0.2) is 82.2 Å². The van der Waals surface area contributed by atoms with Crippen molar-refractivity contribution in [3.63, 3.8) is 0 Å². The van der Waals surface area contributed by atoms with Crippen LogP contribution in [0.15, 0.2) is 42.5 Å². The van der Waals surface area contributed by atoms with Crippen molar-refractivity contribution in [2.24, 2.45) is 11.3 Å². The van der Waals surface area contributed by atoms with Crippen molar-refractivity contribution in [3.8, 4) is 17.2 Å². The number of rotatable bonds is 8. The van der Waals surface area contributed by atoms with E-state index in [9.17, 15) is 19.2 Å². The van der Waals surface area contributed by atoms with E-state index >= 15 is 0 Å². The first kappa shape index (κ1) is 33.6. The zero-order chi connectivity index (χ0) is 32.2. The molecule has 2 bridgehead atoms. The minimum absolute atomic E-state index is 0.118. The molecule has 2 aliphatic rings. The molecule has 45 heavy (non-hydrogen) atoms. The molecule has 0 aromatic heterocycles. The van der Waals surface area contributed by atoms with Crippen LogP contribution in [0.3, 0.4) is 0 Å². The van der Waals surface area contributed by atoms with E-state index in [1.807, 2.05) is 18.2 Å². The molecule has 0 spiro atoms. The van der Waals surface area contributed by atoms with Crippen LogP contribution in [0.1, 0.15) is 50.2 Å². The predicted octanol–water partition coefficient (Wildman–Crippen LogP) is 3.07. The third-order valence-corrected chi connectivity index (χ3v) is 8.24. The lowest BCUT2D eigenvalue weighted by Crippen LogP contribution is -2.46. The van der Waals surface area contributed by atoms with Gasteiger partial charge >= 0.3 is 5.97 Å². The second-order valence-electron chi connectivity index (χ2n) is 11.7. The highest BCUT2D eigenvalue weighted by Crippen LogP contribution is 2.43. The quantitative estimate of drug-likeness (QED) is 0.429. The fourth-order valence-corrected chi connectivity index (χ4v) is 5.63. The van der Waals surface area contributed by atoms with Gasteiger partial charge in [0.05, 0.1) is 32.7 Å². The summed E-state index contributed by atoms with van der Waals surface area (Å²) in [7, 11) is 3.10. The molecule has 0 radical (unpaired) electrons. The molecule has 2 N–H and O–H groups in total. The van der Waals surface area contributed by atoms with Crippen LogP contribution in [0.5, 0.6) is 17.2 Å². The van der Waals surface area contributed by atoms with E-state index in [4.69, 9.17) is 18.9 Å². The van der Waals surface area contributed by atoms with Crippen molar-refractivity contribution in [2.45, 2.75) is 51.9 Å². The summed E-state index contributed by atoms with van der Waals surface area (Å²) in [5.74, 6) is 0.895. The van der Waals surface area contributed by atoms with E-state index in [0.29, 0.717) is 49.0 Å². The summed E-state index contributed by atoms with van der Waals surface area (Å²) in [5, 5.41) is 5.83. The Morgan fingerprint density at radius 3 is 2.47 bits per heavy atom. The Hall–Kier alpha value is -4.28. The SMILES string of the molecule is CCOC(=O)C1(CC2CC2)CNC(=O)CCCN(C(=O)Cc2ccc(OC)cc2)CCNC(=O)COc2cc(ccc2OC)C1. The van der Waals surface area contributed by atoms with Crippen LogP contribution in [-0.2, 0) is 36.8 Å². The third-order valence-electron chi connectivity index (χ3n) is 8.24. The number of amides is 3. The van der Waals surface area contributed by atoms with Crippen molar-refractivity contribution in [2.75, 3.05) is 53.6 Å². The molecule has 1 saturated carbocycles. The molecule has 11 heteroatoms. The van der Waals surface area contributed by atoms with Crippen LogP contribution in [0.4, 0.5) is 0 Å². The standard InChI is InChI=1S/C34H45N3O8/c1-4-44-33(41)34(20-25-7-8-25)21-26-11-14-28(43-3)29(18-26)45-22-31(39)35-15-17-37(16-5-6-30(38)36-23-34)32(40)19-24-9-12-27(42-2)13-10-24/h9-14,18,25H,4-8,15-17,19-23H2,1-3H3,(H,35,39)(H,36,38). The fraction of sp³-hybridized carbons (Fsp3) is 0.529. The summed E-state index contributed by atoms with van der Waals surface area (Å²) in [5.41, 5.74) is 0.667. The summed E-state index contributed by atoms with van der Waals surface area (Å²) < 4.78 is 22.1. The molecule has 0 saturated heterocycles. The number of nitrogens with zero attached hydrogens (tertiary/aromatic N) is 1. The van der Waals surface area contributed by atoms with Gasteiger partial charge in [0.1, 0.15) is 5.75 Å². The zero-order valence-corrected chi connectivity index (χ0v) is 26.5. The maximum atomic E-state index is 13.5. The lowest BCUT2D eigenvalue weighted by Gasteiger charge is -2.32. The number of nitrogens with one attached hydrogen (secondary N) is 2. The van der Waals surface area contributed by atoms with Gasteiger partial charge in [-0.3, -0.25) is 19.2 Å². The molecule has 1 heterocycles. The van der Waals surface area contributed by atoms with Gasteiger partial charge in [-0.2, -0.15) is 0 Å². The van der Waals surface area contributed by atoms with Crippen LogP contribution in [0.2, 0.25) is 0 Å². The molecule has 1 aliphatic heterocycles. The normalized spacial score (nSPS) is 20.0. The molecule has 1 atom stereocenters. The largest absolute Gasteiger partial charge is 0.497 e. The molecular formula is C34H45N3O8. The number of fused-ring (bicyclic) bond motifs is 2. The summed E-state index contributed by atoms with van der Waals surface area (Å²) in [6.07, 6.45) is 3.75. The maximum absolute atomic E-state index is 13.5. The van der Waals surface area contributed by atoms with Gasteiger partial charge in [-0.15, -0.1) is 0 Å². The van der Waals surface area contributed by atoms with Crippen molar-refractivity contribution in [3.05, 3.63) is 53.6 Å². The van der Waals surface area contributed by atoms with Crippen molar-refractivity contribution < 1.29 is 38.1 Å². The highest BCUT2D eigenvalue weighted by atomic mass is 16.5. The van der Waals surface area contributed by atoms with Crippen LogP contribution in [0.25, 0.3) is 0 Å². The van der Waals surface area contributed by atoms with Gasteiger partial charge < -0.3 is 34.5 Å². The summed E-state index contributed by atoms with van der Waals surface area (Å²) in [4.78, 5) is 54.3. The topological polar surface area (TPSA) is 133 Å². The van der Waals surface area contributed by atoms with Crippen molar-refractivity contribution in [1.29, 1.82) is 0 Å². The second kappa shape index (κ2) is 16.2. The average molecular weight is 624 g/mol. The Labute approximate surface area is 264 Å². The number of carbonyl (C=O) groups is 4. The molecule has 3 amide bonds. The Morgan fingerprint density at radius 2 is 1.78 bits per heavy atom. The number of esters is 1. The lowest BCUT2D eigenvalue weighted by molar-refractivity contribution is -0.156. The first-order valence-corrected chi connectivity index (χ1v) is 15.7. The highest BCUT2D eigenvalue weighted by Gasteiger charge is 2.44. The van der Waals surface area contributed by atoms with E-state index < -0.39 is 5.41 Å².